The fourth-order valence-electron chi connectivity index (χ4n) is 4.13. The quantitative estimate of drug-likeness (QED) is 0.283. The number of anilines is 1. The number of aromatic nitrogens is 1. The molecule has 3 aromatic carbocycles. The predicted molar refractivity (Wildman–Crippen MR) is 138 cm³/mol. The van der Waals surface area contributed by atoms with Gasteiger partial charge in [0.25, 0.3) is 5.01 Å². The summed E-state index contributed by atoms with van der Waals surface area (Å²) >= 11 is 8.02. The second-order valence-corrected chi connectivity index (χ2v) is 9.22. The van der Waals surface area contributed by atoms with E-state index in [-0.39, 0.29) is 0 Å². The average molecular weight is 456 g/mol. The number of rotatable bonds is 5. The molecule has 5 rings (SSSR count). The van der Waals surface area contributed by atoms with E-state index in [0.717, 1.165) is 18.1 Å². The minimum atomic E-state index is 0.777. The maximum atomic E-state index is 6.23. The molecule has 0 spiro atoms. The summed E-state index contributed by atoms with van der Waals surface area (Å²) in [5.41, 5.74) is 6.19. The van der Waals surface area contributed by atoms with Crippen LogP contribution >= 0.6 is 22.9 Å². The van der Waals surface area contributed by atoms with Crippen LogP contribution in [0.2, 0.25) is 5.02 Å². The van der Waals surface area contributed by atoms with Crippen LogP contribution in [0, 0.1) is 0 Å². The van der Waals surface area contributed by atoms with Gasteiger partial charge in [-0.2, -0.15) is 4.57 Å². The molecule has 4 heteroatoms. The lowest BCUT2D eigenvalue weighted by Crippen LogP contribution is -2.33. The maximum absolute atomic E-state index is 6.23. The molecule has 2 heterocycles. The first-order valence-electron chi connectivity index (χ1n) is 10.8. The van der Waals surface area contributed by atoms with E-state index in [2.05, 4.69) is 108 Å². The third-order valence-corrected chi connectivity index (χ3v) is 7.04. The number of thiazole rings is 1. The third-order valence-electron chi connectivity index (χ3n) is 5.68. The van der Waals surface area contributed by atoms with Crippen LogP contribution in [0.5, 0.6) is 0 Å². The molecule has 32 heavy (non-hydrogen) atoms. The first kappa shape index (κ1) is 20.7. The highest BCUT2D eigenvalue weighted by Gasteiger charge is 2.18. The van der Waals surface area contributed by atoms with Crippen LogP contribution in [-0.4, -0.2) is 0 Å². The fourth-order valence-corrected chi connectivity index (χ4v) is 5.42. The number of aryl methyl sites for hydroxylation is 1. The van der Waals surface area contributed by atoms with E-state index in [9.17, 15) is 0 Å². The Kier molecular flexibility index (Phi) is 5.93. The van der Waals surface area contributed by atoms with Crippen molar-refractivity contribution < 1.29 is 4.57 Å². The van der Waals surface area contributed by atoms with Crippen molar-refractivity contribution in [3.63, 3.8) is 0 Å². The number of fused-ring (bicyclic) bond motifs is 2. The van der Waals surface area contributed by atoms with Crippen LogP contribution in [0.4, 0.5) is 5.69 Å². The van der Waals surface area contributed by atoms with Gasteiger partial charge < -0.3 is 4.90 Å². The molecule has 0 amide bonds. The molecule has 2 nitrogen and oxygen atoms in total. The highest BCUT2D eigenvalue weighted by Crippen LogP contribution is 2.34. The van der Waals surface area contributed by atoms with Crippen LogP contribution in [0.15, 0.2) is 97.2 Å². The van der Waals surface area contributed by atoms with Crippen molar-refractivity contribution >= 4 is 50.5 Å². The molecule has 1 aliphatic heterocycles. The van der Waals surface area contributed by atoms with Gasteiger partial charge in [-0.15, -0.1) is 0 Å². The van der Waals surface area contributed by atoms with Gasteiger partial charge in [-0.05, 0) is 42.3 Å². The number of benzene rings is 3. The summed E-state index contributed by atoms with van der Waals surface area (Å²) in [5, 5.41) is 2.00. The van der Waals surface area contributed by atoms with Gasteiger partial charge in [0, 0.05) is 41.2 Å². The standard InChI is InChI=1S/C28H24ClN2S/c1-2-31-26-19-23(29)15-16-27(26)32-28(31)14-8-11-22-17-18-30(20-21-9-4-3-5-10-21)25-13-7-6-12-24(22)25/h3-19H,2,20H2,1H3/q+1. The van der Waals surface area contributed by atoms with Gasteiger partial charge in [0.2, 0.25) is 5.52 Å². The van der Waals surface area contributed by atoms with E-state index in [4.69, 9.17) is 11.6 Å². The van der Waals surface area contributed by atoms with Gasteiger partial charge in [0.1, 0.15) is 11.2 Å². The Hall–Kier alpha value is -3.14. The van der Waals surface area contributed by atoms with Gasteiger partial charge in [-0.1, -0.05) is 83.6 Å². The molecular weight excluding hydrogens is 432 g/mol. The lowest BCUT2D eigenvalue weighted by Gasteiger charge is -2.27. The first-order valence-corrected chi connectivity index (χ1v) is 12.0. The molecule has 0 N–H and O–H groups in total. The topological polar surface area (TPSA) is 7.12 Å². The molecule has 0 saturated carbocycles. The first-order chi connectivity index (χ1) is 15.7. The number of nitrogens with zero attached hydrogens (tertiary/aromatic N) is 2. The zero-order valence-corrected chi connectivity index (χ0v) is 19.5. The maximum Gasteiger partial charge on any atom is 0.262 e. The van der Waals surface area contributed by atoms with Crippen molar-refractivity contribution in [1.82, 2.24) is 0 Å². The van der Waals surface area contributed by atoms with Crippen molar-refractivity contribution in [2.24, 2.45) is 0 Å². The molecule has 0 unspecified atom stereocenters. The molecule has 0 bridgehead atoms. The van der Waals surface area contributed by atoms with Crippen LogP contribution in [0.25, 0.3) is 21.9 Å². The molecule has 0 aliphatic carbocycles. The molecular formula is C28H24ClN2S+. The number of halogens is 1. The van der Waals surface area contributed by atoms with E-state index in [1.165, 1.54) is 37.6 Å². The van der Waals surface area contributed by atoms with Gasteiger partial charge >= 0.3 is 0 Å². The summed E-state index contributed by atoms with van der Waals surface area (Å²) in [6.45, 7) is 3.94. The van der Waals surface area contributed by atoms with E-state index in [1.54, 1.807) is 11.3 Å². The normalized spacial score (nSPS) is 14.6. The van der Waals surface area contributed by atoms with Crippen LogP contribution < -0.4 is 9.47 Å². The number of hydrogen-bond donors (Lipinski definition) is 0. The van der Waals surface area contributed by atoms with E-state index in [1.807, 2.05) is 12.1 Å². The van der Waals surface area contributed by atoms with Crippen molar-refractivity contribution in [3.05, 3.63) is 118 Å². The molecule has 4 aromatic rings. The van der Waals surface area contributed by atoms with E-state index >= 15 is 0 Å². The van der Waals surface area contributed by atoms with Crippen LogP contribution in [0.1, 0.15) is 23.1 Å². The van der Waals surface area contributed by atoms with Gasteiger partial charge in [0.05, 0.1) is 0 Å². The largest absolute Gasteiger partial charge is 0.343 e. The second kappa shape index (κ2) is 9.15. The Morgan fingerprint density at radius 1 is 1.00 bits per heavy atom. The number of para-hydroxylation sites is 1. The second-order valence-electron chi connectivity index (χ2n) is 7.72. The Morgan fingerprint density at radius 3 is 2.66 bits per heavy atom. The van der Waals surface area contributed by atoms with Crippen LogP contribution in [-0.2, 0) is 13.1 Å². The van der Waals surface area contributed by atoms with Crippen molar-refractivity contribution in [1.29, 1.82) is 0 Å². The molecule has 1 aliphatic rings. The summed E-state index contributed by atoms with van der Waals surface area (Å²) in [7, 11) is 0. The van der Waals surface area contributed by atoms with Gasteiger partial charge in [0.15, 0.2) is 0 Å². The minimum absolute atomic E-state index is 0.777. The predicted octanol–water partition coefficient (Wildman–Crippen LogP) is 7.49. The third kappa shape index (κ3) is 4.14. The van der Waals surface area contributed by atoms with Crippen molar-refractivity contribution in [2.75, 3.05) is 4.90 Å². The van der Waals surface area contributed by atoms with E-state index < -0.39 is 0 Å². The Balaban J connectivity index is 1.44. The fraction of sp³-hybridized carbons (Fsp3) is 0.107. The highest BCUT2D eigenvalue weighted by atomic mass is 35.5. The number of hydrogen-bond acceptors (Lipinski definition) is 2. The van der Waals surface area contributed by atoms with Crippen molar-refractivity contribution in [3.8, 4) is 0 Å². The molecule has 0 fully saturated rings. The summed E-state index contributed by atoms with van der Waals surface area (Å²) in [6, 6.07) is 25.3. The Morgan fingerprint density at radius 2 is 1.81 bits per heavy atom. The Labute approximate surface area is 198 Å². The van der Waals surface area contributed by atoms with Gasteiger partial charge in [-0.25, -0.2) is 0 Å². The molecule has 1 aromatic heterocycles. The Bertz CT molecular complexity index is 1350. The summed E-state index contributed by atoms with van der Waals surface area (Å²) in [6.07, 6.45) is 10.9. The summed E-state index contributed by atoms with van der Waals surface area (Å²) in [4.78, 5) is 2.31. The molecule has 0 atom stereocenters. The monoisotopic (exact) mass is 455 g/mol. The number of allylic oxidation sites excluding steroid dienone is 4. The molecule has 0 saturated heterocycles. The summed E-state index contributed by atoms with van der Waals surface area (Å²) < 4.78 is 3.57. The smallest absolute Gasteiger partial charge is 0.262 e. The van der Waals surface area contributed by atoms with Gasteiger partial charge in [-0.3, -0.25) is 0 Å². The highest BCUT2D eigenvalue weighted by molar-refractivity contribution is 7.18. The molecule has 0 radical (unpaired) electrons. The lowest BCUT2D eigenvalue weighted by molar-refractivity contribution is -0.665. The minimum Gasteiger partial charge on any atom is -0.343 e. The zero-order chi connectivity index (χ0) is 21.9. The summed E-state index contributed by atoms with van der Waals surface area (Å²) in [5.74, 6) is 0. The molecule has 158 valence electrons. The average Bonchev–Trinajstić information content (AvgIpc) is 3.17. The SMILES string of the molecule is CC[n+]1c(/C=C/C=C2\C=CN(Cc3ccccc3)c3ccccc32)sc2ccc(Cl)cc21. The van der Waals surface area contributed by atoms with E-state index in [0.29, 0.717) is 0 Å². The van der Waals surface area contributed by atoms with Crippen LogP contribution in [0.3, 0.4) is 0 Å². The lowest BCUT2D eigenvalue weighted by atomic mass is 9.99. The van der Waals surface area contributed by atoms with Crippen molar-refractivity contribution in [2.45, 2.75) is 20.0 Å². The zero-order valence-electron chi connectivity index (χ0n) is 17.9.